The molecule has 0 unspecified atom stereocenters. The van der Waals surface area contributed by atoms with Crippen LogP contribution in [0.1, 0.15) is 16.2 Å². The summed E-state index contributed by atoms with van der Waals surface area (Å²) in [5.74, 6) is -0.0405. The Morgan fingerprint density at radius 1 is 1.44 bits per heavy atom. The van der Waals surface area contributed by atoms with Gasteiger partial charge >= 0.3 is 0 Å². The maximum atomic E-state index is 12.1. The minimum absolute atomic E-state index is 0.0405. The van der Waals surface area contributed by atoms with Gasteiger partial charge in [0.15, 0.2) is 0 Å². The van der Waals surface area contributed by atoms with Crippen LogP contribution in [0, 0.1) is 10.5 Å². The third kappa shape index (κ3) is 2.40. The fraction of sp³-hybridized carbons (Fsp3) is 0.231. The van der Waals surface area contributed by atoms with Gasteiger partial charge in [-0.1, -0.05) is 0 Å². The minimum Gasteiger partial charge on any atom is -0.383 e. The number of nitrogens with zero attached hydrogens (tertiary/aromatic N) is 3. The summed E-state index contributed by atoms with van der Waals surface area (Å²) in [7, 11) is 3.76. The third-order valence-corrected chi connectivity index (χ3v) is 3.77. The lowest BCUT2D eigenvalue weighted by molar-refractivity contribution is 0.104. The van der Waals surface area contributed by atoms with Gasteiger partial charge in [-0.15, -0.1) is 0 Å². The zero-order chi connectivity index (χ0) is 13.3. The van der Waals surface area contributed by atoms with Crippen molar-refractivity contribution in [1.82, 2.24) is 14.3 Å². The van der Waals surface area contributed by atoms with Crippen LogP contribution >= 0.6 is 22.6 Å². The van der Waals surface area contributed by atoms with E-state index >= 15 is 0 Å². The largest absolute Gasteiger partial charge is 0.383 e. The molecular formula is C13H14IN3O. The van der Waals surface area contributed by atoms with Gasteiger partial charge in [0.05, 0.1) is 6.20 Å². The van der Waals surface area contributed by atoms with Gasteiger partial charge in [-0.05, 0) is 41.6 Å². The molecule has 0 fully saturated rings. The molecule has 0 atom stereocenters. The summed E-state index contributed by atoms with van der Waals surface area (Å²) in [6.45, 7) is 1.99. The van der Waals surface area contributed by atoms with Gasteiger partial charge < -0.3 is 4.90 Å². The average Bonchev–Trinajstić information content (AvgIpc) is 2.75. The van der Waals surface area contributed by atoms with Crippen LogP contribution in [0.2, 0.25) is 0 Å². The zero-order valence-corrected chi connectivity index (χ0v) is 12.7. The standard InChI is InChI=1S/C13H14IN3O/c1-9-10(14)4-5-13-15-8-11(17(9)13)12(18)6-7-16(2)3/h4-8H,1-3H3. The number of allylic oxidation sites excluding steroid dienone is 1. The molecule has 0 saturated heterocycles. The highest BCUT2D eigenvalue weighted by Crippen LogP contribution is 2.17. The summed E-state index contributed by atoms with van der Waals surface area (Å²) in [5.41, 5.74) is 2.43. The number of aryl methyl sites for hydroxylation is 1. The molecule has 4 nitrogen and oxygen atoms in total. The lowest BCUT2D eigenvalue weighted by atomic mass is 10.2. The lowest BCUT2D eigenvalue weighted by Gasteiger charge is -2.06. The van der Waals surface area contributed by atoms with Gasteiger partial charge in [0.1, 0.15) is 11.3 Å². The maximum absolute atomic E-state index is 12.1. The first-order valence-corrected chi connectivity index (χ1v) is 6.60. The highest BCUT2D eigenvalue weighted by molar-refractivity contribution is 14.1. The maximum Gasteiger partial charge on any atom is 0.205 e. The van der Waals surface area contributed by atoms with Gasteiger partial charge in [-0.25, -0.2) is 4.98 Å². The highest BCUT2D eigenvalue weighted by atomic mass is 127. The third-order valence-electron chi connectivity index (χ3n) is 2.63. The van der Waals surface area contributed by atoms with Crippen LogP contribution in [0.25, 0.3) is 5.65 Å². The van der Waals surface area contributed by atoms with E-state index in [1.165, 1.54) is 0 Å². The molecule has 0 spiro atoms. The number of ketones is 1. The summed E-state index contributed by atoms with van der Waals surface area (Å²) in [5, 5.41) is 0. The quantitative estimate of drug-likeness (QED) is 0.482. The number of fused-ring (bicyclic) bond motifs is 1. The molecule has 5 heteroatoms. The molecule has 2 rings (SSSR count). The molecule has 0 N–H and O–H groups in total. The topological polar surface area (TPSA) is 37.6 Å². The molecule has 0 aliphatic rings. The summed E-state index contributed by atoms with van der Waals surface area (Å²) >= 11 is 2.26. The van der Waals surface area contributed by atoms with Crippen molar-refractivity contribution < 1.29 is 4.79 Å². The Morgan fingerprint density at radius 3 is 2.83 bits per heavy atom. The molecule has 2 heterocycles. The van der Waals surface area contributed by atoms with Gasteiger partial charge in [-0.3, -0.25) is 9.20 Å². The van der Waals surface area contributed by atoms with Gasteiger partial charge in [0, 0.05) is 35.6 Å². The van der Waals surface area contributed by atoms with Crippen LogP contribution in [0.4, 0.5) is 0 Å². The fourth-order valence-electron chi connectivity index (χ4n) is 1.69. The molecule has 0 saturated carbocycles. The molecule has 0 amide bonds. The summed E-state index contributed by atoms with van der Waals surface area (Å²) < 4.78 is 3.01. The summed E-state index contributed by atoms with van der Waals surface area (Å²) in [6, 6.07) is 3.92. The highest BCUT2D eigenvalue weighted by Gasteiger charge is 2.12. The van der Waals surface area contributed by atoms with E-state index in [1.807, 2.05) is 42.5 Å². The second-order valence-electron chi connectivity index (χ2n) is 4.25. The van der Waals surface area contributed by atoms with E-state index in [0.29, 0.717) is 5.69 Å². The SMILES string of the molecule is Cc1c(I)ccc2ncc(C(=O)C=CN(C)C)n12. The zero-order valence-electron chi connectivity index (χ0n) is 10.5. The molecular weight excluding hydrogens is 341 g/mol. The first-order valence-electron chi connectivity index (χ1n) is 5.52. The van der Waals surface area contributed by atoms with Gasteiger partial charge in [-0.2, -0.15) is 0 Å². The van der Waals surface area contributed by atoms with Crippen molar-refractivity contribution in [2.75, 3.05) is 14.1 Å². The summed E-state index contributed by atoms with van der Waals surface area (Å²) in [4.78, 5) is 18.2. The number of imidazole rings is 1. The predicted molar refractivity (Wildman–Crippen MR) is 79.8 cm³/mol. The lowest BCUT2D eigenvalue weighted by Crippen LogP contribution is -2.06. The van der Waals surface area contributed by atoms with Gasteiger partial charge in [0.25, 0.3) is 0 Å². The Kier molecular flexibility index (Phi) is 3.70. The second kappa shape index (κ2) is 5.09. The van der Waals surface area contributed by atoms with E-state index in [9.17, 15) is 4.79 Å². The Morgan fingerprint density at radius 2 is 2.17 bits per heavy atom. The van der Waals surface area contributed by atoms with Crippen molar-refractivity contribution >= 4 is 34.0 Å². The minimum atomic E-state index is -0.0405. The van der Waals surface area contributed by atoms with E-state index in [0.717, 1.165) is 14.9 Å². The van der Waals surface area contributed by atoms with Gasteiger partial charge in [0.2, 0.25) is 5.78 Å². The van der Waals surface area contributed by atoms with E-state index < -0.39 is 0 Å². The number of carbonyl (C=O) groups is 1. The average molecular weight is 355 g/mol. The normalized spacial score (nSPS) is 11.3. The number of aromatic nitrogens is 2. The number of hydrogen-bond donors (Lipinski definition) is 0. The Hall–Kier alpha value is -1.37. The van der Waals surface area contributed by atoms with Crippen molar-refractivity contribution in [1.29, 1.82) is 0 Å². The number of pyridine rings is 1. The molecule has 18 heavy (non-hydrogen) atoms. The van der Waals surface area contributed by atoms with E-state index in [4.69, 9.17) is 0 Å². The van der Waals surface area contributed by atoms with E-state index in [1.54, 1.807) is 18.5 Å². The molecule has 0 aliphatic heterocycles. The molecule has 0 aliphatic carbocycles. The van der Waals surface area contributed by atoms with Crippen LogP contribution < -0.4 is 0 Å². The molecule has 0 radical (unpaired) electrons. The van der Waals surface area contributed by atoms with Crippen LogP contribution in [0.5, 0.6) is 0 Å². The van der Waals surface area contributed by atoms with Crippen molar-refractivity contribution in [2.24, 2.45) is 0 Å². The molecule has 0 aromatic carbocycles. The Bertz CT molecular complexity index is 628. The number of carbonyl (C=O) groups excluding carboxylic acids is 1. The van der Waals surface area contributed by atoms with Crippen molar-refractivity contribution in [3.05, 3.63) is 45.6 Å². The van der Waals surface area contributed by atoms with E-state index in [2.05, 4.69) is 27.6 Å². The van der Waals surface area contributed by atoms with Crippen LogP contribution in [-0.4, -0.2) is 34.2 Å². The van der Waals surface area contributed by atoms with Crippen molar-refractivity contribution in [3.8, 4) is 0 Å². The smallest absolute Gasteiger partial charge is 0.205 e. The fourth-order valence-corrected chi connectivity index (χ4v) is 2.11. The van der Waals surface area contributed by atoms with Crippen LogP contribution in [0.3, 0.4) is 0 Å². The first-order chi connectivity index (χ1) is 8.50. The Labute approximate surface area is 119 Å². The molecule has 0 bridgehead atoms. The second-order valence-corrected chi connectivity index (χ2v) is 5.41. The Balaban J connectivity index is 2.52. The number of rotatable bonds is 3. The molecule has 2 aromatic rings. The summed E-state index contributed by atoms with van der Waals surface area (Å²) in [6.07, 6.45) is 4.93. The molecule has 94 valence electrons. The monoisotopic (exact) mass is 355 g/mol. The van der Waals surface area contributed by atoms with Crippen LogP contribution in [0.15, 0.2) is 30.6 Å². The van der Waals surface area contributed by atoms with E-state index in [-0.39, 0.29) is 5.78 Å². The van der Waals surface area contributed by atoms with Crippen molar-refractivity contribution in [3.63, 3.8) is 0 Å². The number of halogens is 1. The molecule has 2 aromatic heterocycles. The van der Waals surface area contributed by atoms with Crippen molar-refractivity contribution in [2.45, 2.75) is 6.92 Å². The first kappa shape index (κ1) is 13.1. The number of hydrogen-bond acceptors (Lipinski definition) is 3. The predicted octanol–water partition coefficient (Wildman–Crippen LogP) is 2.51. The van der Waals surface area contributed by atoms with Crippen LogP contribution in [-0.2, 0) is 0 Å².